The van der Waals surface area contributed by atoms with Crippen LogP contribution in [0.15, 0.2) is 36.4 Å². The zero-order valence-corrected chi connectivity index (χ0v) is 11.6. The minimum absolute atomic E-state index is 0.183. The van der Waals surface area contributed by atoms with E-state index in [9.17, 15) is 8.78 Å². The Labute approximate surface area is 117 Å². The van der Waals surface area contributed by atoms with Crippen LogP contribution < -0.4 is 11.3 Å². The molecule has 2 aromatic rings. The molecule has 0 spiro atoms. The second kappa shape index (κ2) is 6.11. The Morgan fingerprint density at radius 1 is 1.05 bits per heavy atom. The molecule has 20 heavy (non-hydrogen) atoms. The molecule has 2 nitrogen and oxygen atoms in total. The van der Waals surface area contributed by atoms with Crippen LogP contribution in [0.4, 0.5) is 8.78 Å². The van der Waals surface area contributed by atoms with Crippen molar-refractivity contribution in [1.82, 2.24) is 5.43 Å². The fourth-order valence-corrected chi connectivity index (χ4v) is 2.59. The third-order valence-electron chi connectivity index (χ3n) is 3.45. The van der Waals surface area contributed by atoms with E-state index >= 15 is 0 Å². The van der Waals surface area contributed by atoms with E-state index in [0.717, 1.165) is 22.8 Å². The van der Waals surface area contributed by atoms with Gasteiger partial charge in [0.15, 0.2) is 0 Å². The van der Waals surface area contributed by atoms with Crippen molar-refractivity contribution in [3.05, 3.63) is 70.3 Å². The summed E-state index contributed by atoms with van der Waals surface area (Å²) in [5.41, 5.74) is 6.59. The number of aryl methyl sites for hydroxylation is 2. The van der Waals surface area contributed by atoms with Crippen LogP contribution in [0.3, 0.4) is 0 Å². The molecule has 1 atom stereocenters. The largest absolute Gasteiger partial charge is 0.271 e. The maximum atomic E-state index is 13.3. The van der Waals surface area contributed by atoms with Crippen molar-refractivity contribution in [3.8, 4) is 0 Å². The number of hydrazine groups is 1. The lowest BCUT2D eigenvalue weighted by molar-refractivity contribution is 0.536. The summed E-state index contributed by atoms with van der Waals surface area (Å²) >= 11 is 0. The van der Waals surface area contributed by atoms with Gasteiger partial charge in [0.05, 0.1) is 6.04 Å². The molecule has 4 heteroatoms. The van der Waals surface area contributed by atoms with Crippen LogP contribution >= 0.6 is 0 Å². The van der Waals surface area contributed by atoms with E-state index in [4.69, 9.17) is 5.84 Å². The van der Waals surface area contributed by atoms with E-state index in [1.165, 1.54) is 12.1 Å². The van der Waals surface area contributed by atoms with E-state index in [1.54, 1.807) is 0 Å². The third-order valence-corrected chi connectivity index (χ3v) is 3.45. The van der Waals surface area contributed by atoms with Crippen molar-refractivity contribution in [2.75, 3.05) is 0 Å². The van der Waals surface area contributed by atoms with Crippen molar-refractivity contribution in [2.24, 2.45) is 5.84 Å². The molecular weight excluding hydrogens is 258 g/mol. The molecule has 1 unspecified atom stereocenters. The summed E-state index contributed by atoms with van der Waals surface area (Å²) in [5, 5.41) is 0. The van der Waals surface area contributed by atoms with Crippen LogP contribution in [-0.2, 0) is 6.42 Å². The van der Waals surface area contributed by atoms with Gasteiger partial charge in [-0.25, -0.2) is 8.78 Å². The highest BCUT2D eigenvalue weighted by Crippen LogP contribution is 2.25. The molecule has 0 amide bonds. The standard InChI is InChI=1S/C16H18F2N2/c1-10-4-3-5-11(2)16(10)15(20-19)8-12-6-13(17)9-14(18)7-12/h3-7,9,15,20H,8,19H2,1-2H3. The van der Waals surface area contributed by atoms with Crippen LogP contribution in [0.25, 0.3) is 0 Å². The predicted octanol–water partition coefficient (Wildman–Crippen LogP) is 3.33. The summed E-state index contributed by atoms with van der Waals surface area (Å²) in [6, 6.07) is 9.33. The van der Waals surface area contributed by atoms with Crippen molar-refractivity contribution >= 4 is 0 Å². The van der Waals surface area contributed by atoms with Gasteiger partial charge >= 0.3 is 0 Å². The minimum atomic E-state index is -0.572. The Morgan fingerprint density at radius 3 is 2.10 bits per heavy atom. The van der Waals surface area contributed by atoms with Gasteiger partial charge in [0, 0.05) is 6.07 Å². The Kier molecular flexibility index (Phi) is 4.47. The highest BCUT2D eigenvalue weighted by Gasteiger charge is 2.16. The quantitative estimate of drug-likeness (QED) is 0.664. The average molecular weight is 276 g/mol. The summed E-state index contributed by atoms with van der Waals surface area (Å²) in [5.74, 6) is 4.49. The van der Waals surface area contributed by atoms with E-state index in [-0.39, 0.29) is 6.04 Å². The van der Waals surface area contributed by atoms with Gasteiger partial charge in [-0.3, -0.25) is 11.3 Å². The van der Waals surface area contributed by atoms with Gasteiger partial charge in [-0.2, -0.15) is 0 Å². The number of hydrogen-bond acceptors (Lipinski definition) is 2. The van der Waals surface area contributed by atoms with E-state index < -0.39 is 11.6 Å². The first kappa shape index (κ1) is 14.6. The fourth-order valence-electron chi connectivity index (χ4n) is 2.59. The van der Waals surface area contributed by atoms with Gasteiger partial charge in [0.2, 0.25) is 0 Å². The molecular formula is C16H18F2N2. The molecule has 0 aliphatic heterocycles. The van der Waals surface area contributed by atoms with Crippen molar-refractivity contribution in [1.29, 1.82) is 0 Å². The number of rotatable bonds is 4. The van der Waals surface area contributed by atoms with Gasteiger partial charge in [-0.15, -0.1) is 0 Å². The number of halogens is 2. The SMILES string of the molecule is Cc1cccc(C)c1C(Cc1cc(F)cc(F)c1)NN. The first-order valence-corrected chi connectivity index (χ1v) is 6.48. The zero-order chi connectivity index (χ0) is 14.7. The topological polar surface area (TPSA) is 38.0 Å². The Morgan fingerprint density at radius 2 is 1.60 bits per heavy atom. The highest BCUT2D eigenvalue weighted by molar-refractivity contribution is 5.37. The van der Waals surface area contributed by atoms with Gasteiger partial charge in [0.1, 0.15) is 11.6 Å². The second-order valence-corrected chi connectivity index (χ2v) is 5.01. The molecule has 2 rings (SSSR count). The number of nitrogens with one attached hydrogen (secondary N) is 1. The molecule has 0 radical (unpaired) electrons. The smallest absolute Gasteiger partial charge is 0.126 e. The zero-order valence-electron chi connectivity index (χ0n) is 11.6. The fraction of sp³-hybridized carbons (Fsp3) is 0.250. The summed E-state index contributed by atoms with van der Waals surface area (Å²) in [7, 11) is 0. The van der Waals surface area contributed by atoms with Gasteiger partial charge < -0.3 is 0 Å². The lowest BCUT2D eigenvalue weighted by Crippen LogP contribution is -2.30. The number of benzene rings is 2. The first-order valence-electron chi connectivity index (χ1n) is 6.48. The number of hydrogen-bond donors (Lipinski definition) is 2. The third kappa shape index (κ3) is 3.21. The predicted molar refractivity (Wildman–Crippen MR) is 76.0 cm³/mol. The molecule has 2 aromatic carbocycles. The Bertz CT molecular complexity index is 571. The summed E-state index contributed by atoms with van der Waals surface area (Å²) in [6.45, 7) is 4.00. The lowest BCUT2D eigenvalue weighted by Gasteiger charge is -2.21. The molecule has 106 valence electrons. The Hall–Kier alpha value is -1.78. The van der Waals surface area contributed by atoms with E-state index in [1.807, 2.05) is 32.0 Å². The molecule has 0 aromatic heterocycles. The van der Waals surface area contributed by atoms with Crippen LogP contribution in [0.2, 0.25) is 0 Å². The van der Waals surface area contributed by atoms with E-state index in [2.05, 4.69) is 5.43 Å². The van der Waals surface area contributed by atoms with Crippen molar-refractivity contribution in [3.63, 3.8) is 0 Å². The monoisotopic (exact) mass is 276 g/mol. The summed E-state index contributed by atoms with van der Waals surface area (Å²) < 4.78 is 26.5. The molecule has 0 fully saturated rings. The summed E-state index contributed by atoms with van der Waals surface area (Å²) in [6.07, 6.45) is 0.427. The normalized spacial score (nSPS) is 12.4. The molecule has 0 saturated carbocycles. The van der Waals surface area contributed by atoms with Gasteiger partial charge in [0.25, 0.3) is 0 Å². The van der Waals surface area contributed by atoms with Crippen LogP contribution in [-0.4, -0.2) is 0 Å². The second-order valence-electron chi connectivity index (χ2n) is 5.01. The average Bonchev–Trinajstić information content (AvgIpc) is 2.36. The number of nitrogens with two attached hydrogens (primary N) is 1. The van der Waals surface area contributed by atoms with Gasteiger partial charge in [-0.1, -0.05) is 18.2 Å². The van der Waals surface area contributed by atoms with Crippen LogP contribution in [0, 0.1) is 25.5 Å². The van der Waals surface area contributed by atoms with E-state index in [0.29, 0.717) is 12.0 Å². The molecule has 0 aliphatic carbocycles. The maximum Gasteiger partial charge on any atom is 0.126 e. The minimum Gasteiger partial charge on any atom is -0.271 e. The van der Waals surface area contributed by atoms with Crippen LogP contribution in [0.1, 0.15) is 28.3 Å². The van der Waals surface area contributed by atoms with Crippen molar-refractivity contribution < 1.29 is 8.78 Å². The summed E-state index contributed by atoms with van der Waals surface area (Å²) in [4.78, 5) is 0. The lowest BCUT2D eigenvalue weighted by atomic mass is 9.92. The Balaban J connectivity index is 2.34. The highest BCUT2D eigenvalue weighted by atomic mass is 19.1. The molecule has 3 N–H and O–H groups in total. The van der Waals surface area contributed by atoms with Crippen LogP contribution in [0.5, 0.6) is 0 Å². The van der Waals surface area contributed by atoms with Gasteiger partial charge in [-0.05, 0) is 54.7 Å². The maximum absolute atomic E-state index is 13.3. The molecule has 0 saturated heterocycles. The molecule has 0 bridgehead atoms. The van der Waals surface area contributed by atoms with Crippen molar-refractivity contribution in [2.45, 2.75) is 26.3 Å². The molecule has 0 heterocycles. The molecule has 0 aliphatic rings. The first-order chi connectivity index (χ1) is 9.51.